The molecule has 0 amide bonds. The number of pyridine rings is 1. The highest BCUT2D eigenvalue weighted by Gasteiger charge is 2.22. The van der Waals surface area contributed by atoms with Crippen LogP contribution in [0.2, 0.25) is 0 Å². The van der Waals surface area contributed by atoms with Crippen molar-refractivity contribution < 1.29 is 8.42 Å². The third-order valence-corrected chi connectivity index (χ3v) is 4.40. The Hall–Kier alpha value is -1.14. The minimum atomic E-state index is -3.45. The minimum Gasteiger partial charge on any atom is -0.329 e. The van der Waals surface area contributed by atoms with E-state index in [0.29, 0.717) is 12.2 Å². The summed E-state index contributed by atoms with van der Waals surface area (Å²) in [6, 6.07) is 3.59. The normalized spacial score (nSPS) is 13.4. The van der Waals surface area contributed by atoms with Gasteiger partial charge in [0.15, 0.2) is 0 Å². The number of aryl methyl sites for hydroxylation is 2. The molecule has 0 bridgehead atoms. The van der Waals surface area contributed by atoms with Crippen molar-refractivity contribution in [2.75, 3.05) is 11.3 Å². The molecule has 5 nitrogen and oxygen atoms in total. The third-order valence-electron chi connectivity index (χ3n) is 2.50. The van der Waals surface area contributed by atoms with Crippen LogP contribution in [0.1, 0.15) is 24.6 Å². The fourth-order valence-corrected chi connectivity index (χ4v) is 2.89. The van der Waals surface area contributed by atoms with Crippen LogP contribution >= 0.6 is 0 Å². The summed E-state index contributed by atoms with van der Waals surface area (Å²) in [5.74, 6) is 0.356. The Labute approximate surface area is 102 Å². The highest BCUT2D eigenvalue weighted by atomic mass is 32.2. The van der Waals surface area contributed by atoms with Gasteiger partial charge in [0.1, 0.15) is 5.82 Å². The number of sulfonamides is 1. The van der Waals surface area contributed by atoms with Crippen LogP contribution in [0.4, 0.5) is 5.82 Å². The molecule has 1 aromatic rings. The largest absolute Gasteiger partial charge is 0.329 e. The van der Waals surface area contributed by atoms with Crippen LogP contribution in [-0.2, 0) is 10.0 Å². The fraction of sp³-hybridized carbons (Fsp3) is 0.545. The summed E-state index contributed by atoms with van der Waals surface area (Å²) in [6.45, 7) is 5.63. The monoisotopic (exact) mass is 257 g/mol. The maximum absolute atomic E-state index is 12.0. The lowest BCUT2D eigenvalue weighted by atomic mass is 10.2. The molecule has 0 spiro atoms. The van der Waals surface area contributed by atoms with E-state index in [4.69, 9.17) is 5.73 Å². The quantitative estimate of drug-likeness (QED) is 0.829. The van der Waals surface area contributed by atoms with E-state index in [2.05, 4.69) is 9.71 Å². The molecule has 96 valence electrons. The fourth-order valence-electron chi connectivity index (χ4n) is 1.64. The number of hydrogen-bond donors (Lipinski definition) is 2. The van der Waals surface area contributed by atoms with E-state index in [1.54, 1.807) is 13.0 Å². The highest BCUT2D eigenvalue weighted by molar-refractivity contribution is 7.93. The minimum absolute atomic E-state index is 0.108. The first kappa shape index (κ1) is 13.9. The number of anilines is 1. The van der Waals surface area contributed by atoms with Crippen molar-refractivity contribution in [1.82, 2.24) is 4.98 Å². The van der Waals surface area contributed by atoms with E-state index in [0.717, 1.165) is 11.3 Å². The first-order valence-corrected chi connectivity index (χ1v) is 7.10. The molecule has 0 aliphatic heterocycles. The van der Waals surface area contributed by atoms with E-state index in [9.17, 15) is 8.42 Å². The number of rotatable bonds is 5. The molecule has 0 aliphatic carbocycles. The van der Waals surface area contributed by atoms with Gasteiger partial charge in [0.25, 0.3) is 0 Å². The molecule has 0 saturated carbocycles. The molecule has 6 heteroatoms. The second-order valence-electron chi connectivity index (χ2n) is 4.08. The van der Waals surface area contributed by atoms with Gasteiger partial charge in [0, 0.05) is 12.2 Å². The third kappa shape index (κ3) is 3.67. The Kier molecular flexibility index (Phi) is 4.47. The molecule has 1 heterocycles. The Morgan fingerprint density at radius 2 is 2.06 bits per heavy atom. The maximum atomic E-state index is 12.0. The lowest BCUT2D eigenvalue weighted by molar-refractivity contribution is 0.581. The summed E-state index contributed by atoms with van der Waals surface area (Å²) in [6.07, 6.45) is 0.483. The van der Waals surface area contributed by atoms with Gasteiger partial charge in [-0.3, -0.25) is 4.72 Å². The van der Waals surface area contributed by atoms with E-state index in [1.165, 1.54) is 0 Å². The topological polar surface area (TPSA) is 85.1 Å². The van der Waals surface area contributed by atoms with E-state index in [-0.39, 0.29) is 6.54 Å². The molecule has 17 heavy (non-hydrogen) atoms. The molecule has 0 fully saturated rings. The van der Waals surface area contributed by atoms with Crippen molar-refractivity contribution in [3.8, 4) is 0 Å². The first-order chi connectivity index (χ1) is 7.89. The van der Waals surface area contributed by atoms with Gasteiger partial charge in [-0.1, -0.05) is 6.92 Å². The number of nitrogens with one attached hydrogen (secondary N) is 1. The zero-order valence-electron chi connectivity index (χ0n) is 10.4. The molecule has 3 N–H and O–H groups in total. The van der Waals surface area contributed by atoms with Crippen LogP contribution in [0.3, 0.4) is 0 Å². The van der Waals surface area contributed by atoms with Crippen molar-refractivity contribution in [2.45, 2.75) is 32.4 Å². The summed E-state index contributed by atoms with van der Waals surface area (Å²) in [5.41, 5.74) is 7.19. The van der Waals surface area contributed by atoms with Gasteiger partial charge in [0.2, 0.25) is 10.0 Å². The molecular weight excluding hydrogens is 238 g/mol. The van der Waals surface area contributed by atoms with Crippen LogP contribution in [0.15, 0.2) is 12.1 Å². The summed E-state index contributed by atoms with van der Waals surface area (Å²) >= 11 is 0. The van der Waals surface area contributed by atoms with Gasteiger partial charge in [-0.05, 0) is 38.0 Å². The van der Waals surface area contributed by atoms with Gasteiger partial charge in [-0.25, -0.2) is 13.4 Å². The van der Waals surface area contributed by atoms with Crippen LogP contribution in [0, 0.1) is 13.8 Å². The maximum Gasteiger partial charge on any atom is 0.238 e. The van der Waals surface area contributed by atoms with Gasteiger partial charge >= 0.3 is 0 Å². The van der Waals surface area contributed by atoms with Crippen LogP contribution < -0.4 is 10.5 Å². The SMILES string of the molecule is CCC(CN)S(=O)(=O)Nc1cc(C)cc(C)n1. The molecule has 1 aromatic heterocycles. The van der Waals surface area contributed by atoms with Crippen LogP contribution in [0.5, 0.6) is 0 Å². The molecule has 1 unspecified atom stereocenters. The zero-order valence-corrected chi connectivity index (χ0v) is 11.2. The first-order valence-electron chi connectivity index (χ1n) is 5.56. The molecule has 0 radical (unpaired) electrons. The Bertz CT molecular complexity index is 461. The van der Waals surface area contributed by atoms with Crippen molar-refractivity contribution in [2.24, 2.45) is 5.73 Å². The van der Waals surface area contributed by atoms with E-state index >= 15 is 0 Å². The highest BCUT2D eigenvalue weighted by Crippen LogP contribution is 2.13. The molecular formula is C11H19N3O2S. The Morgan fingerprint density at radius 1 is 1.41 bits per heavy atom. The number of aromatic nitrogens is 1. The lowest BCUT2D eigenvalue weighted by Crippen LogP contribution is -2.34. The number of nitrogens with zero attached hydrogens (tertiary/aromatic N) is 1. The molecule has 0 aliphatic rings. The summed E-state index contributed by atoms with van der Waals surface area (Å²) < 4.78 is 26.4. The average Bonchev–Trinajstić information content (AvgIpc) is 2.15. The van der Waals surface area contributed by atoms with E-state index < -0.39 is 15.3 Å². The molecule has 1 atom stereocenters. The lowest BCUT2D eigenvalue weighted by Gasteiger charge is -2.15. The predicted octanol–water partition coefficient (Wildman–Crippen LogP) is 1.18. The molecule has 0 saturated heterocycles. The molecule has 1 rings (SSSR count). The van der Waals surface area contributed by atoms with Gasteiger partial charge < -0.3 is 5.73 Å². The van der Waals surface area contributed by atoms with Crippen molar-refractivity contribution >= 4 is 15.8 Å². The Balaban J connectivity index is 2.97. The number of nitrogens with two attached hydrogens (primary N) is 1. The zero-order chi connectivity index (χ0) is 13.1. The second kappa shape index (κ2) is 5.46. The van der Waals surface area contributed by atoms with Crippen molar-refractivity contribution in [1.29, 1.82) is 0 Å². The second-order valence-corrected chi connectivity index (χ2v) is 6.04. The van der Waals surface area contributed by atoms with Gasteiger partial charge in [0.05, 0.1) is 5.25 Å². The Morgan fingerprint density at radius 3 is 2.53 bits per heavy atom. The van der Waals surface area contributed by atoms with Crippen LogP contribution in [0.25, 0.3) is 0 Å². The summed E-state index contributed by atoms with van der Waals surface area (Å²) in [7, 11) is -3.45. The van der Waals surface area contributed by atoms with Gasteiger partial charge in [-0.2, -0.15) is 0 Å². The van der Waals surface area contributed by atoms with Crippen LogP contribution in [-0.4, -0.2) is 25.2 Å². The average molecular weight is 257 g/mol. The summed E-state index contributed by atoms with van der Waals surface area (Å²) in [5, 5.41) is -0.579. The van der Waals surface area contributed by atoms with E-state index in [1.807, 2.05) is 19.9 Å². The molecule has 0 aromatic carbocycles. The number of hydrogen-bond acceptors (Lipinski definition) is 4. The predicted molar refractivity (Wildman–Crippen MR) is 69.4 cm³/mol. The smallest absolute Gasteiger partial charge is 0.238 e. The van der Waals surface area contributed by atoms with Crippen molar-refractivity contribution in [3.05, 3.63) is 23.4 Å². The summed E-state index contributed by atoms with van der Waals surface area (Å²) in [4.78, 5) is 4.14. The standard InChI is InChI=1S/C11H19N3O2S/c1-4-10(7-12)17(15,16)14-11-6-8(2)5-9(3)13-11/h5-6,10H,4,7,12H2,1-3H3,(H,13,14). The van der Waals surface area contributed by atoms with Crippen molar-refractivity contribution in [3.63, 3.8) is 0 Å². The van der Waals surface area contributed by atoms with Gasteiger partial charge in [-0.15, -0.1) is 0 Å².